The molecule has 0 unspecified atom stereocenters. The molecule has 0 aromatic heterocycles. The molecule has 2 aliphatic heterocycles. The Morgan fingerprint density at radius 2 is 1.97 bits per heavy atom. The van der Waals surface area contributed by atoms with E-state index in [-0.39, 0.29) is 18.0 Å². The molecular weight excluding hydrogens is 362 g/mol. The second-order valence-electron chi connectivity index (χ2n) is 7.96. The fourth-order valence-corrected chi connectivity index (χ4v) is 4.53. The third kappa shape index (κ3) is 3.74. The van der Waals surface area contributed by atoms with E-state index in [4.69, 9.17) is 0 Å². The van der Waals surface area contributed by atoms with Gasteiger partial charge in [-0.25, -0.2) is 0 Å². The van der Waals surface area contributed by atoms with Gasteiger partial charge in [0.15, 0.2) is 0 Å². The summed E-state index contributed by atoms with van der Waals surface area (Å²) >= 11 is 0. The first-order chi connectivity index (χ1) is 14.1. The minimum absolute atomic E-state index is 0.100. The lowest BCUT2D eigenvalue weighted by molar-refractivity contribution is 0.0656. The standard InChI is InChI=1S/C24H29N3O2/c1-3-26-21-15-18(23(28)25-16-19-10-7-6-9-17(19)2)12-13-20(21)24(29)27-14-8-4-5-11-22(26)27/h6-7,9-10,12-13,15,22H,3-5,8,11,14,16H2,1-2H3,(H,25,28)/t22-/m0/s1. The van der Waals surface area contributed by atoms with E-state index < -0.39 is 0 Å². The van der Waals surface area contributed by atoms with E-state index in [1.165, 1.54) is 6.42 Å². The highest BCUT2D eigenvalue weighted by Crippen LogP contribution is 2.35. The summed E-state index contributed by atoms with van der Waals surface area (Å²) in [7, 11) is 0. The molecule has 2 aliphatic rings. The Morgan fingerprint density at radius 3 is 2.76 bits per heavy atom. The number of hydrogen-bond acceptors (Lipinski definition) is 3. The minimum atomic E-state index is -0.108. The van der Waals surface area contributed by atoms with E-state index >= 15 is 0 Å². The van der Waals surface area contributed by atoms with Crippen LogP contribution in [-0.4, -0.2) is 36.0 Å². The van der Waals surface area contributed by atoms with Crippen LogP contribution in [0.1, 0.15) is 64.4 Å². The SMILES string of the molecule is CCN1c2cc(C(=O)NCc3ccccc3C)ccc2C(=O)N2CCCCC[C@H]21. The van der Waals surface area contributed by atoms with Crippen LogP contribution in [0.2, 0.25) is 0 Å². The van der Waals surface area contributed by atoms with Crippen LogP contribution in [0.15, 0.2) is 42.5 Å². The molecule has 29 heavy (non-hydrogen) atoms. The third-order valence-electron chi connectivity index (χ3n) is 6.18. The van der Waals surface area contributed by atoms with Crippen LogP contribution in [0.25, 0.3) is 0 Å². The zero-order valence-corrected chi connectivity index (χ0v) is 17.3. The van der Waals surface area contributed by atoms with Gasteiger partial charge in [0.1, 0.15) is 6.17 Å². The molecule has 0 bridgehead atoms. The molecule has 0 aliphatic carbocycles. The van der Waals surface area contributed by atoms with Crippen LogP contribution >= 0.6 is 0 Å². The second-order valence-corrected chi connectivity index (χ2v) is 7.96. The van der Waals surface area contributed by atoms with Crippen LogP contribution in [0.4, 0.5) is 5.69 Å². The predicted molar refractivity (Wildman–Crippen MR) is 115 cm³/mol. The van der Waals surface area contributed by atoms with Gasteiger partial charge >= 0.3 is 0 Å². The van der Waals surface area contributed by atoms with Crippen LogP contribution in [0.5, 0.6) is 0 Å². The number of aryl methyl sites for hydroxylation is 1. The van der Waals surface area contributed by atoms with E-state index in [1.54, 1.807) is 6.07 Å². The number of carbonyl (C=O) groups excluding carboxylic acids is 2. The molecule has 2 heterocycles. The molecule has 1 saturated heterocycles. The molecule has 2 amide bonds. The molecule has 0 radical (unpaired) electrons. The number of benzene rings is 2. The van der Waals surface area contributed by atoms with Gasteiger partial charge in [-0.2, -0.15) is 0 Å². The second kappa shape index (κ2) is 8.27. The lowest BCUT2D eigenvalue weighted by Crippen LogP contribution is -2.55. The molecule has 1 fully saturated rings. The molecule has 2 aromatic rings. The quantitative estimate of drug-likeness (QED) is 0.853. The third-order valence-corrected chi connectivity index (χ3v) is 6.18. The monoisotopic (exact) mass is 391 g/mol. The maximum absolute atomic E-state index is 13.1. The number of nitrogens with one attached hydrogen (secondary N) is 1. The molecule has 1 atom stereocenters. The van der Waals surface area contributed by atoms with E-state index in [0.29, 0.717) is 17.7 Å². The Labute approximate surface area is 172 Å². The minimum Gasteiger partial charge on any atom is -0.351 e. The van der Waals surface area contributed by atoms with Gasteiger partial charge in [-0.1, -0.05) is 30.7 Å². The van der Waals surface area contributed by atoms with Gasteiger partial charge in [-0.3, -0.25) is 9.59 Å². The van der Waals surface area contributed by atoms with Crippen molar-refractivity contribution in [2.75, 3.05) is 18.0 Å². The summed E-state index contributed by atoms with van der Waals surface area (Å²) in [5.41, 5.74) is 4.48. The van der Waals surface area contributed by atoms with E-state index in [0.717, 1.165) is 49.2 Å². The summed E-state index contributed by atoms with van der Waals surface area (Å²) in [6.07, 6.45) is 4.46. The molecule has 2 aromatic carbocycles. The number of carbonyl (C=O) groups is 2. The first-order valence-electron chi connectivity index (χ1n) is 10.6. The normalized spacial score (nSPS) is 18.7. The molecule has 4 rings (SSSR count). The Morgan fingerprint density at radius 1 is 1.14 bits per heavy atom. The van der Waals surface area contributed by atoms with Crippen LogP contribution in [0, 0.1) is 6.92 Å². The van der Waals surface area contributed by atoms with Gasteiger partial charge < -0.3 is 15.1 Å². The number of rotatable bonds is 4. The molecule has 152 valence electrons. The summed E-state index contributed by atoms with van der Waals surface area (Å²) in [4.78, 5) is 30.2. The van der Waals surface area contributed by atoms with Gasteiger partial charge in [-0.05, 0) is 62.4 Å². The van der Waals surface area contributed by atoms with Gasteiger partial charge in [0, 0.05) is 25.2 Å². The molecule has 0 saturated carbocycles. The number of anilines is 1. The fourth-order valence-electron chi connectivity index (χ4n) is 4.53. The van der Waals surface area contributed by atoms with Gasteiger partial charge in [0.05, 0.1) is 11.3 Å². The lowest BCUT2D eigenvalue weighted by Gasteiger charge is -2.44. The Balaban J connectivity index is 1.59. The Bertz CT molecular complexity index is 924. The predicted octanol–water partition coefficient (Wildman–Crippen LogP) is 4.11. The topological polar surface area (TPSA) is 52.7 Å². The number of fused-ring (bicyclic) bond motifs is 2. The fraction of sp³-hybridized carbons (Fsp3) is 0.417. The highest BCUT2D eigenvalue weighted by Gasteiger charge is 2.37. The van der Waals surface area contributed by atoms with Crippen molar-refractivity contribution in [3.8, 4) is 0 Å². The van der Waals surface area contributed by atoms with Crippen LogP contribution < -0.4 is 10.2 Å². The smallest absolute Gasteiger partial charge is 0.257 e. The van der Waals surface area contributed by atoms with Crippen LogP contribution in [-0.2, 0) is 6.54 Å². The molecule has 5 nitrogen and oxygen atoms in total. The number of hydrogen-bond donors (Lipinski definition) is 1. The van der Waals surface area contributed by atoms with Gasteiger partial charge in [0.2, 0.25) is 0 Å². The maximum Gasteiger partial charge on any atom is 0.257 e. The zero-order valence-electron chi connectivity index (χ0n) is 17.3. The maximum atomic E-state index is 13.1. The Hall–Kier alpha value is -2.82. The summed E-state index contributed by atoms with van der Waals surface area (Å²) in [5.74, 6) is -0.00804. The number of nitrogens with zero attached hydrogens (tertiary/aromatic N) is 2. The molecule has 1 N–H and O–H groups in total. The Kier molecular flexibility index (Phi) is 5.56. The average Bonchev–Trinajstić information content (AvgIpc) is 2.99. The summed E-state index contributed by atoms with van der Waals surface area (Å²) in [5, 5.41) is 3.02. The first-order valence-corrected chi connectivity index (χ1v) is 10.6. The highest BCUT2D eigenvalue weighted by atomic mass is 16.2. The van der Waals surface area contributed by atoms with Crippen molar-refractivity contribution in [3.63, 3.8) is 0 Å². The lowest BCUT2D eigenvalue weighted by atomic mass is 10.0. The molecule has 5 heteroatoms. The van der Waals surface area contributed by atoms with Gasteiger partial charge in [-0.15, -0.1) is 0 Å². The molecular formula is C24H29N3O2. The number of amides is 2. The van der Waals surface area contributed by atoms with Crippen molar-refractivity contribution in [2.24, 2.45) is 0 Å². The molecule has 0 spiro atoms. The largest absolute Gasteiger partial charge is 0.351 e. The van der Waals surface area contributed by atoms with E-state index in [2.05, 4.69) is 17.1 Å². The average molecular weight is 392 g/mol. The first kappa shape index (κ1) is 19.5. The summed E-state index contributed by atoms with van der Waals surface area (Å²) < 4.78 is 0. The summed E-state index contributed by atoms with van der Waals surface area (Å²) in [6.45, 7) is 6.29. The van der Waals surface area contributed by atoms with Crippen molar-refractivity contribution in [1.29, 1.82) is 0 Å². The van der Waals surface area contributed by atoms with Gasteiger partial charge in [0.25, 0.3) is 11.8 Å². The zero-order chi connectivity index (χ0) is 20.4. The van der Waals surface area contributed by atoms with Crippen molar-refractivity contribution >= 4 is 17.5 Å². The van der Waals surface area contributed by atoms with Crippen molar-refractivity contribution in [2.45, 2.75) is 52.2 Å². The van der Waals surface area contributed by atoms with Crippen LogP contribution in [0.3, 0.4) is 0 Å². The van der Waals surface area contributed by atoms with Crippen molar-refractivity contribution in [1.82, 2.24) is 10.2 Å². The summed E-state index contributed by atoms with van der Waals surface area (Å²) in [6, 6.07) is 13.5. The van der Waals surface area contributed by atoms with E-state index in [9.17, 15) is 9.59 Å². The van der Waals surface area contributed by atoms with Crippen molar-refractivity contribution in [3.05, 3.63) is 64.7 Å². The van der Waals surface area contributed by atoms with E-state index in [1.807, 2.05) is 48.2 Å². The van der Waals surface area contributed by atoms with Crippen molar-refractivity contribution < 1.29 is 9.59 Å². The highest BCUT2D eigenvalue weighted by molar-refractivity contribution is 6.04.